The number of hydrogen-bond donors (Lipinski definition) is 2. The number of fused-ring (bicyclic) bond motifs is 1. The molecule has 0 fully saturated rings. The summed E-state index contributed by atoms with van der Waals surface area (Å²) in [5.41, 5.74) is 7.58. The molecule has 1 aliphatic rings. The Balaban J connectivity index is 1.63. The van der Waals surface area contributed by atoms with Crippen LogP contribution in [0.3, 0.4) is 0 Å². The number of para-hydroxylation sites is 1. The summed E-state index contributed by atoms with van der Waals surface area (Å²) in [6.45, 7) is 0.581. The Bertz CT molecular complexity index is 603. The van der Waals surface area contributed by atoms with Crippen molar-refractivity contribution in [3.05, 3.63) is 65.7 Å². The van der Waals surface area contributed by atoms with Crippen molar-refractivity contribution in [1.29, 1.82) is 0 Å². The number of nitrogens with two attached hydrogens (primary N) is 1. The molecule has 2 atom stereocenters. The van der Waals surface area contributed by atoms with Gasteiger partial charge in [-0.3, -0.25) is 10.1 Å². The minimum absolute atomic E-state index is 0.0352. The molecule has 0 aliphatic carbocycles. The summed E-state index contributed by atoms with van der Waals surface area (Å²) < 4.78 is 5.86. The van der Waals surface area contributed by atoms with Crippen LogP contribution in [0, 0.1) is 0 Å². The molecule has 2 aromatic rings. The van der Waals surface area contributed by atoms with Gasteiger partial charge in [0.2, 0.25) is 5.91 Å². The van der Waals surface area contributed by atoms with Crippen LogP contribution in [0.5, 0.6) is 5.75 Å². The highest BCUT2D eigenvalue weighted by Gasteiger charge is 2.24. The molecule has 2 unspecified atom stereocenters. The highest BCUT2D eigenvalue weighted by Crippen LogP contribution is 2.28. The van der Waals surface area contributed by atoms with Crippen LogP contribution in [0.15, 0.2) is 54.6 Å². The predicted octanol–water partition coefficient (Wildman–Crippen LogP) is 1.81. The van der Waals surface area contributed by atoms with Crippen molar-refractivity contribution < 1.29 is 9.53 Å². The van der Waals surface area contributed by atoms with E-state index in [9.17, 15) is 4.79 Å². The van der Waals surface area contributed by atoms with Gasteiger partial charge in [0.05, 0.1) is 0 Å². The van der Waals surface area contributed by atoms with Gasteiger partial charge in [-0.25, -0.2) is 0 Å². The van der Waals surface area contributed by atoms with E-state index >= 15 is 0 Å². The zero-order valence-electron chi connectivity index (χ0n) is 11.7. The Labute approximate surface area is 123 Å². The monoisotopic (exact) mass is 282 g/mol. The van der Waals surface area contributed by atoms with E-state index in [-0.39, 0.29) is 12.0 Å². The van der Waals surface area contributed by atoms with Gasteiger partial charge in [0, 0.05) is 13.0 Å². The Hall–Kier alpha value is -2.33. The highest BCUT2D eigenvalue weighted by atomic mass is 16.5. The quantitative estimate of drug-likeness (QED) is 0.879. The van der Waals surface area contributed by atoms with Gasteiger partial charge in [-0.05, 0) is 17.2 Å². The second-order valence-electron chi connectivity index (χ2n) is 5.21. The normalized spacial score (nSPS) is 17.8. The number of rotatable bonds is 5. The van der Waals surface area contributed by atoms with Gasteiger partial charge in [-0.2, -0.15) is 0 Å². The van der Waals surface area contributed by atoms with Crippen molar-refractivity contribution in [2.75, 3.05) is 6.54 Å². The number of carbonyl (C=O) groups excluding carboxylic acids is 1. The van der Waals surface area contributed by atoms with E-state index in [1.165, 1.54) is 5.56 Å². The molecule has 1 amide bonds. The van der Waals surface area contributed by atoms with E-state index < -0.39 is 6.04 Å². The minimum Gasteiger partial charge on any atom is -0.488 e. The Kier molecular flexibility index (Phi) is 3.88. The van der Waals surface area contributed by atoms with Crippen LogP contribution in [0.1, 0.15) is 17.2 Å². The fraction of sp³-hybridized carbons (Fsp3) is 0.235. The third kappa shape index (κ3) is 3.06. The molecule has 0 spiro atoms. The first-order chi connectivity index (χ1) is 10.2. The Morgan fingerprint density at radius 1 is 1.19 bits per heavy atom. The summed E-state index contributed by atoms with van der Waals surface area (Å²) >= 11 is 0. The standard InChI is InChI=1S/C17H18N2O2/c18-17(20)16(12-6-2-1-3-7-12)19-11-14-10-13-8-4-5-9-15(13)21-14/h1-9,14,16,19H,10-11H2,(H2,18,20). The lowest BCUT2D eigenvalue weighted by atomic mass is 10.1. The second-order valence-corrected chi connectivity index (χ2v) is 5.21. The average molecular weight is 282 g/mol. The first kappa shape index (κ1) is 13.6. The molecule has 2 aromatic carbocycles. The molecule has 3 N–H and O–H groups in total. The van der Waals surface area contributed by atoms with Gasteiger partial charge < -0.3 is 10.5 Å². The van der Waals surface area contributed by atoms with Crippen LogP contribution in [0.4, 0.5) is 0 Å². The molecule has 4 nitrogen and oxygen atoms in total. The molecule has 0 radical (unpaired) electrons. The van der Waals surface area contributed by atoms with Gasteiger partial charge >= 0.3 is 0 Å². The zero-order valence-corrected chi connectivity index (χ0v) is 11.7. The van der Waals surface area contributed by atoms with E-state index in [0.29, 0.717) is 6.54 Å². The number of amides is 1. The van der Waals surface area contributed by atoms with Crippen LogP contribution < -0.4 is 15.8 Å². The van der Waals surface area contributed by atoms with Gasteiger partial charge in [-0.15, -0.1) is 0 Å². The van der Waals surface area contributed by atoms with Crippen molar-refractivity contribution in [2.45, 2.75) is 18.6 Å². The van der Waals surface area contributed by atoms with E-state index in [2.05, 4.69) is 11.4 Å². The maximum absolute atomic E-state index is 11.6. The van der Waals surface area contributed by atoms with Crippen LogP contribution in [-0.2, 0) is 11.2 Å². The minimum atomic E-state index is -0.487. The molecule has 4 heteroatoms. The predicted molar refractivity (Wildman–Crippen MR) is 80.9 cm³/mol. The van der Waals surface area contributed by atoms with Crippen LogP contribution >= 0.6 is 0 Å². The smallest absolute Gasteiger partial charge is 0.239 e. The van der Waals surface area contributed by atoms with E-state index in [4.69, 9.17) is 10.5 Å². The lowest BCUT2D eigenvalue weighted by Crippen LogP contribution is -2.39. The molecule has 3 rings (SSSR count). The summed E-state index contributed by atoms with van der Waals surface area (Å²) in [7, 11) is 0. The maximum Gasteiger partial charge on any atom is 0.239 e. The molecule has 108 valence electrons. The fourth-order valence-corrected chi connectivity index (χ4v) is 2.65. The highest BCUT2D eigenvalue weighted by molar-refractivity contribution is 5.81. The summed E-state index contributed by atoms with van der Waals surface area (Å²) in [5.74, 6) is 0.552. The molecular weight excluding hydrogens is 264 g/mol. The molecular formula is C17H18N2O2. The maximum atomic E-state index is 11.6. The molecule has 0 aromatic heterocycles. The van der Waals surface area contributed by atoms with Crippen molar-refractivity contribution in [3.8, 4) is 5.75 Å². The summed E-state index contributed by atoms with van der Waals surface area (Å²) in [4.78, 5) is 11.6. The van der Waals surface area contributed by atoms with E-state index in [1.54, 1.807) is 0 Å². The van der Waals surface area contributed by atoms with Crippen molar-refractivity contribution in [3.63, 3.8) is 0 Å². The van der Waals surface area contributed by atoms with Crippen LogP contribution in [0.2, 0.25) is 0 Å². The summed E-state index contributed by atoms with van der Waals surface area (Å²) in [5, 5.41) is 3.21. The third-order valence-corrected chi connectivity index (χ3v) is 3.68. The van der Waals surface area contributed by atoms with Gasteiger partial charge in [0.1, 0.15) is 17.9 Å². The second kappa shape index (κ2) is 5.97. The number of ether oxygens (including phenoxy) is 1. The fourth-order valence-electron chi connectivity index (χ4n) is 2.65. The number of benzene rings is 2. The van der Waals surface area contributed by atoms with Crippen molar-refractivity contribution in [1.82, 2.24) is 5.32 Å². The SMILES string of the molecule is NC(=O)C(NCC1Cc2ccccc2O1)c1ccccc1. The number of carbonyl (C=O) groups is 1. The average Bonchev–Trinajstić information content (AvgIpc) is 2.91. The van der Waals surface area contributed by atoms with Crippen LogP contribution in [0.25, 0.3) is 0 Å². The molecule has 1 heterocycles. The van der Waals surface area contributed by atoms with Crippen molar-refractivity contribution in [2.24, 2.45) is 5.73 Å². The summed E-state index contributed by atoms with van der Waals surface area (Å²) in [6, 6.07) is 17.0. The zero-order chi connectivity index (χ0) is 14.7. The lowest BCUT2D eigenvalue weighted by molar-refractivity contribution is -0.120. The third-order valence-electron chi connectivity index (χ3n) is 3.68. The molecule has 0 saturated carbocycles. The Morgan fingerprint density at radius 3 is 2.62 bits per heavy atom. The number of hydrogen-bond acceptors (Lipinski definition) is 3. The van der Waals surface area contributed by atoms with E-state index in [1.807, 2.05) is 48.5 Å². The molecule has 1 aliphatic heterocycles. The molecule has 0 saturated heterocycles. The van der Waals surface area contributed by atoms with Crippen LogP contribution in [-0.4, -0.2) is 18.6 Å². The molecule has 0 bridgehead atoms. The number of nitrogens with one attached hydrogen (secondary N) is 1. The largest absolute Gasteiger partial charge is 0.488 e. The number of primary amides is 1. The van der Waals surface area contributed by atoms with Gasteiger partial charge in [0.25, 0.3) is 0 Å². The molecule has 21 heavy (non-hydrogen) atoms. The topological polar surface area (TPSA) is 64.4 Å². The first-order valence-electron chi connectivity index (χ1n) is 7.06. The van der Waals surface area contributed by atoms with E-state index in [0.717, 1.165) is 17.7 Å². The van der Waals surface area contributed by atoms with Crippen molar-refractivity contribution >= 4 is 5.91 Å². The van der Waals surface area contributed by atoms with Gasteiger partial charge in [-0.1, -0.05) is 48.5 Å². The first-order valence-corrected chi connectivity index (χ1v) is 7.06. The van der Waals surface area contributed by atoms with Gasteiger partial charge in [0.15, 0.2) is 0 Å². The Morgan fingerprint density at radius 2 is 1.90 bits per heavy atom. The summed E-state index contributed by atoms with van der Waals surface area (Å²) in [6.07, 6.45) is 0.886. The lowest BCUT2D eigenvalue weighted by Gasteiger charge is -2.18.